The van der Waals surface area contributed by atoms with Gasteiger partial charge < -0.3 is 16.4 Å². The minimum atomic E-state index is 0. The average Bonchev–Trinajstić information content (AvgIpc) is 2.46. The van der Waals surface area contributed by atoms with Gasteiger partial charge in [-0.05, 0) is 32.1 Å². The Morgan fingerprint density at radius 3 is 2.33 bits per heavy atom. The first-order chi connectivity index (χ1) is 9.67. The van der Waals surface area contributed by atoms with Crippen LogP contribution in [0.2, 0.25) is 0 Å². The van der Waals surface area contributed by atoms with Crippen LogP contribution >= 0.6 is 12.4 Å². The van der Waals surface area contributed by atoms with E-state index in [1.165, 1.54) is 32.1 Å². The zero-order valence-corrected chi connectivity index (χ0v) is 13.8. The number of carbonyl (C=O) groups excluding carboxylic acids is 2. The van der Waals surface area contributed by atoms with E-state index in [2.05, 4.69) is 10.6 Å². The normalized spacial score (nSPS) is 16.7. The van der Waals surface area contributed by atoms with Crippen LogP contribution in [0.3, 0.4) is 0 Å². The van der Waals surface area contributed by atoms with Gasteiger partial charge in [0.2, 0.25) is 11.8 Å². The molecule has 124 valence electrons. The lowest BCUT2D eigenvalue weighted by molar-refractivity contribution is -0.123. The SMILES string of the molecule is CCNC(=O)CCCC(=O)NC(CN)C1CCCCC1.Cl. The summed E-state index contributed by atoms with van der Waals surface area (Å²) in [4.78, 5) is 23.2. The summed E-state index contributed by atoms with van der Waals surface area (Å²) in [6.45, 7) is 3.04. The molecule has 21 heavy (non-hydrogen) atoms. The van der Waals surface area contributed by atoms with Gasteiger partial charge in [-0.2, -0.15) is 0 Å². The summed E-state index contributed by atoms with van der Waals surface area (Å²) in [5.74, 6) is 0.569. The molecule has 0 aliphatic heterocycles. The van der Waals surface area contributed by atoms with Gasteiger partial charge in [0.1, 0.15) is 0 Å². The largest absolute Gasteiger partial charge is 0.356 e. The molecule has 5 nitrogen and oxygen atoms in total. The second-order valence-electron chi connectivity index (χ2n) is 5.61. The second-order valence-corrected chi connectivity index (χ2v) is 5.61. The van der Waals surface area contributed by atoms with Gasteiger partial charge in [0.15, 0.2) is 0 Å². The lowest BCUT2D eigenvalue weighted by Crippen LogP contribution is -2.45. The number of amides is 2. The Morgan fingerprint density at radius 1 is 1.14 bits per heavy atom. The number of halogens is 1. The zero-order valence-electron chi connectivity index (χ0n) is 13.0. The minimum absolute atomic E-state index is 0. The maximum atomic E-state index is 11.9. The van der Waals surface area contributed by atoms with Crippen molar-refractivity contribution in [2.24, 2.45) is 11.7 Å². The third-order valence-corrected chi connectivity index (χ3v) is 4.00. The number of carbonyl (C=O) groups is 2. The first-order valence-electron chi connectivity index (χ1n) is 7.93. The Kier molecular flexibility index (Phi) is 11.4. The molecule has 1 saturated carbocycles. The number of rotatable bonds is 8. The Bertz CT molecular complexity index is 307. The van der Waals surface area contributed by atoms with E-state index >= 15 is 0 Å². The molecule has 1 aliphatic carbocycles. The minimum Gasteiger partial charge on any atom is -0.356 e. The van der Waals surface area contributed by atoms with E-state index in [1.807, 2.05) is 6.92 Å². The van der Waals surface area contributed by atoms with E-state index in [0.29, 0.717) is 38.3 Å². The summed E-state index contributed by atoms with van der Waals surface area (Å²) < 4.78 is 0. The maximum absolute atomic E-state index is 11.9. The molecule has 0 bridgehead atoms. The second kappa shape index (κ2) is 11.8. The predicted octanol–water partition coefficient (Wildman–Crippen LogP) is 1.74. The van der Waals surface area contributed by atoms with Gasteiger partial charge in [0, 0.05) is 32.0 Å². The standard InChI is InChI=1S/C15H29N3O2.ClH/c1-2-17-14(19)9-6-10-15(20)18-13(11-16)12-7-4-3-5-8-12;/h12-13H,2-11,16H2,1H3,(H,17,19)(H,18,20);1H. The smallest absolute Gasteiger partial charge is 0.220 e. The monoisotopic (exact) mass is 319 g/mol. The van der Waals surface area contributed by atoms with Crippen LogP contribution in [-0.4, -0.2) is 30.9 Å². The van der Waals surface area contributed by atoms with E-state index in [9.17, 15) is 9.59 Å². The van der Waals surface area contributed by atoms with Crippen molar-refractivity contribution in [3.63, 3.8) is 0 Å². The van der Waals surface area contributed by atoms with Crippen molar-refractivity contribution < 1.29 is 9.59 Å². The van der Waals surface area contributed by atoms with E-state index in [4.69, 9.17) is 5.73 Å². The fourth-order valence-corrected chi connectivity index (χ4v) is 2.88. The number of nitrogens with two attached hydrogens (primary N) is 1. The lowest BCUT2D eigenvalue weighted by Gasteiger charge is -2.30. The van der Waals surface area contributed by atoms with Gasteiger partial charge in [0.25, 0.3) is 0 Å². The lowest BCUT2D eigenvalue weighted by atomic mass is 9.84. The van der Waals surface area contributed by atoms with Crippen LogP contribution in [-0.2, 0) is 9.59 Å². The van der Waals surface area contributed by atoms with Crippen LogP contribution in [0, 0.1) is 5.92 Å². The molecule has 1 atom stereocenters. The molecule has 0 saturated heterocycles. The fourth-order valence-electron chi connectivity index (χ4n) is 2.88. The highest BCUT2D eigenvalue weighted by Gasteiger charge is 2.23. The first-order valence-corrected chi connectivity index (χ1v) is 7.93. The molecule has 0 radical (unpaired) electrons. The molecule has 0 aromatic heterocycles. The zero-order chi connectivity index (χ0) is 14.8. The molecular weight excluding hydrogens is 290 g/mol. The molecule has 4 N–H and O–H groups in total. The summed E-state index contributed by atoms with van der Waals surface area (Å²) in [6.07, 6.45) is 7.54. The van der Waals surface area contributed by atoms with Gasteiger partial charge >= 0.3 is 0 Å². The molecule has 0 aromatic carbocycles. The van der Waals surface area contributed by atoms with Crippen LogP contribution in [0.15, 0.2) is 0 Å². The van der Waals surface area contributed by atoms with Crippen molar-refractivity contribution >= 4 is 24.2 Å². The molecule has 0 spiro atoms. The van der Waals surface area contributed by atoms with Crippen molar-refractivity contribution in [1.29, 1.82) is 0 Å². The van der Waals surface area contributed by atoms with Crippen LogP contribution in [0.1, 0.15) is 58.3 Å². The summed E-state index contributed by atoms with van der Waals surface area (Å²) in [5, 5.41) is 5.78. The van der Waals surface area contributed by atoms with E-state index in [0.717, 1.165) is 0 Å². The highest BCUT2D eigenvalue weighted by Crippen LogP contribution is 2.26. The number of nitrogens with one attached hydrogen (secondary N) is 2. The Balaban J connectivity index is 0.00000400. The molecule has 1 rings (SSSR count). The Labute approximate surface area is 134 Å². The van der Waals surface area contributed by atoms with Gasteiger partial charge in [0.05, 0.1) is 0 Å². The highest BCUT2D eigenvalue weighted by molar-refractivity contribution is 5.85. The number of hydrogen-bond acceptors (Lipinski definition) is 3. The van der Waals surface area contributed by atoms with Crippen molar-refractivity contribution in [3.8, 4) is 0 Å². The summed E-state index contributed by atoms with van der Waals surface area (Å²) in [7, 11) is 0. The van der Waals surface area contributed by atoms with Gasteiger partial charge in [-0.25, -0.2) is 0 Å². The molecule has 2 amide bonds. The molecule has 0 heterocycles. The summed E-state index contributed by atoms with van der Waals surface area (Å²) >= 11 is 0. The molecule has 6 heteroatoms. The van der Waals surface area contributed by atoms with Crippen molar-refractivity contribution in [1.82, 2.24) is 10.6 Å². The van der Waals surface area contributed by atoms with Crippen LogP contribution in [0.25, 0.3) is 0 Å². The van der Waals surface area contributed by atoms with Gasteiger partial charge in [-0.3, -0.25) is 9.59 Å². The molecule has 1 fully saturated rings. The van der Waals surface area contributed by atoms with Crippen molar-refractivity contribution in [3.05, 3.63) is 0 Å². The third-order valence-electron chi connectivity index (χ3n) is 4.00. The van der Waals surface area contributed by atoms with Crippen LogP contribution < -0.4 is 16.4 Å². The van der Waals surface area contributed by atoms with Crippen LogP contribution in [0.4, 0.5) is 0 Å². The molecule has 1 aliphatic rings. The maximum Gasteiger partial charge on any atom is 0.220 e. The Morgan fingerprint density at radius 2 is 1.76 bits per heavy atom. The molecular formula is C15H30ClN3O2. The molecule has 1 unspecified atom stereocenters. The van der Waals surface area contributed by atoms with Gasteiger partial charge in [-0.15, -0.1) is 12.4 Å². The average molecular weight is 320 g/mol. The van der Waals surface area contributed by atoms with E-state index in [-0.39, 0.29) is 30.3 Å². The fraction of sp³-hybridized carbons (Fsp3) is 0.867. The number of hydrogen-bond donors (Lipinski definition) is 3. The first kappa shape index (κ1) is 20.2. The summed E-state index contributed by atoms with van der Waals surface area (Å²) in [6, 6.07) is 0.104. The van der Waals surface area contributed by atoms with E-state index in [1.54, 1.807) is 0 Å². The third kappa shape index (κ3) is 8.27. The topological polar surface area (TPSA) is 84.2 Å². The van der Waals surface area contributed by atoms with Gasteiger partial charge in [-0.1, -0.05) is 19.3 Å². The predicted molar refractivity (Wildman–Crippen MR) is 87.3 cm³/mol. The summed E-state index contributed by atoms with van der Waals surface area (Å²) in [5.41, 5.74) is 5.79. The molecule has 0 aromatic rings. The Hall–Kier alpha value is -0.810. The van der Waals surface area contributed by atoms with Crippen LogP contribution in [0.5, 0.6) is 0 Å². The highest BCUT2D eigenvalue weighted by atomic mass is 35.5. The van der Waals surface area contributed by atoms with Crippen molar-refractivity contribution in [2.45, 2.75) is 64.3 Å². The quantitative estimate of drug-likeness (QED) is 0.637. The van der Waals surface area contributed by atoms with E-state index < -0.39 is 0 Å². The van der Waals surface area contributed by atoms with Crippen molar-refractivity contribution in [2.75, 3.05) is 13.1 Å².